The van der Waals surface area contributed by atoms with Gasteiger partial charge in [0, 0.05) is 36.3 Å². The molecule has 2 saturated carbocycles. The van der Waals surface area contributed by atoms with Crippen LogP contribution in [0.5, 0.6) is 0 Å². The van der Waals surface area contributed by atoms with Crippen LogP contribution in [0.25, 0.3) is 0 Å². The van der Waals surface area contributed by atoms with Crippen molar-refractivity contribution >= 4 is 0 Å². The average molecular weight is 415 g/mol. The van der Waals surface area contributed by atoms with Crippen molar-refractivity contribution in [3.63, 3.8) is 0 Å². The van der Waals surface area contributed by atoms with E-state index in [2.05, 4.69) is 73.0 Å². The predicted octanol–water partition coefficient (Wildman–Crippen LogP) is 3.45. The molecule has 1 spiro atoms. The summed E-state index contributed by atoms with van der Waals surface area (Å²) in [5.74, 6) is 0.873. The Morgan fingerprint density at radius 3 is 2.30 bits per heavy atom. The van der Waals surface area contributed by atoms with Gasteiger partial charge < -0.3 is 10.5 Å². The van der Waals surface area contributed by atoms with Crippen LogP contribution >= 0.6 is 0 Å². The number of hydrogen-bond donors (Lipinski definition) is 1. The summed E-state index contributed by atoms with van der Waals surface area (Å²) in [4.78, 5) is 7.64. The molecule has 168 valence electrons. The predicted molar refractivity (Wildman–Crippen MR) is 123 cm³/mol. The van der Waals surface area contributed by atoms with Crippen LogP contribution in [0.2, 0.25) is 0 Å². The molecule has 0 atom stereocenters. The molecule has 1 aliphatic heterocycles. The number of hydrogen-bond acceptors (Lipinski definition) is 5. The van der Waals surface area contributed by atoms with Gasteiger partial charge in [-0.2, -0.15) is 0 Å². The van der Waals surface area contributed by atoms with Crippen molar-refractivity contribution in [1.82, 2.24) is 14.7 Å². The first-order valence-corrected chi connectivity index (χ1v) is 11.8. The van der Waals surface area contributed by atoms with Crippen LogP contribution in [-0.4, -0.2) is 73.0 Å². The SMILES string of the molecule is CN(C)C1(c2ccccc2)CCC2(CC1)CN(CC(C)(C)N)COCN2CC1CC1. The van der Waals surface area contributed by atoms with Crippen LogP contribution in [0.3, 0.4) is 0 Å². The Balaban J connectivity index is 1.58. The summed E-state index contributed by atoms with van der Waals surface area (Å²) in [5, 5.41) is 0. The largest absolute Gasteiger partial charge is 0.351 e. The van der Waals surface area contributed by atoms with Gasteiger partial charge in [-0.1, -0.05) is 30.3 Å². The molecule has 4 rings (SSSR count). The van der Waals surface area contributed by atoms with E-state index in [4.69, 9.17) is 10.5 Å². The molecule has 0 aromatic heterocycles. The van der Waals surface area contributed by atoms with E-state index in [1.54, 1.807) is 0 Å². The van der Waals surface area contributed by atoms with Crippen molar-refractivity contribution < 1.29 is 4.74 Å². The van der Waals surface area contributed by atoms with E-state index in [0.29, 0.717) is 6.73 Å². The third kappa shape index (κ3) is 4.76. The van der Waals surface area contributed by atoms with E-state index in [1.165, 1.54) is 50.6 Å². The monoisotopic (exact) mass is 414 g/mol. The van der Waals surface area contributed by atoms with Crippen LogP contribution in [0.15, 0.2) is 30.3 Å². The first-order valence-electron chi connectivity index (χ1n) is 11.8. The number of benzene rings is 1. The molecule has 0 bridgehead atoms. The fraction of sp³-hybridized carbons (Fsp3) is 0.760. The second kappa shape index (κ2) is 8.51. The third-order valence-corrected chi connectivity index (χ3v) is 7.69. The first kappa shape index (κ1) is 22.2. The Morgan fingerprint density at radius 2 is 1.73 bits per heavy atom. The topological polar surface area (TPSA) is 45.0 Å². The summed E-state index contributed by atoms with van der Waals surface area (Å²) in [6.45, 7) is 8.85. The minimum absolute atomic E-state index is 0.128. The van der Waals surface area contributed by atoms with Crippen molar-refractivity contribution in [3.8, 4) is 0 Å². The van der Waals surface area contributed by atoms with Crippen molar-refractivity contribution in [2.75, 3.05) is 47.2 Å². The molecular weight excluding hydrogens is 372 g/mol. The molecule has 5 heteroatoms. The highest BCUT2D eigenvalue weighted by Crippen LogP contribution is 2.48. The smallest absolute Gasteiger partial charge is 0.101 e. The van der Waals surface area contributed by atoms with Crippen LogP contribution in [0.1, 0.15) is 57.9 Å². The molecule has 1 aromatic carbocycles. The number of nitrogens with two attached hydrogens (primary N) is 1. The summed E-state index contributed by atoms with van der Waals surface area (Å²) in [6.07, 6.45) is 7.56. The summed E-state index contributed by atoms with van der Waals surface area (Å²) < 4.78 is 6.19. The maximum Gasteiger partial charge on any atom is 0.101 e. The fourth-order valence-corrected chi connectivity index (χ4v) is 5.86. The number of rotatable bonds is 6. The minimum atomic E-state index is -0.206. The lowest BCUT2D eigenvalue weighted by Gasteiger charge is -2.54. The molecular formula is C25H42N4O. The van der Waals surface area contributed by atoms with Gasteiger partial charge in [0.05, 0.1) is 0 Å². The van der Waals surface area contributed by atoms with Gasteiger partial charge in [0.15, 0.2) is 0 Å². The number of ether oxygens (including phenoxy) is 1. The molecule has 1 heterocycles. The van der Waals surface area contributed by atoms with Crippen molar-refractivity contribution in [1.29, 1.82) is 0 Å². The molecule has 30 heavy (non-hydrogen) atoms. The lowest BCUT2D eigenvalue weighted by atomic mass is 9.67. The lowest BCUT2D eigenvalue weighted by Crippen LogP contribution is -2.60. The maximum absolute atomic E-state index is 6.40. The molecule has 2 aliphatic carbocycles. The normalized spacial score (nSPS) is 31.9. The van der Waals surface area contributed by atoms with Gasteiger partial charge in [-0.05, 0) is 77.9 Å². The highest BCUT2D eigenvalue weighted by Gasteiger charge is 2.50. The molecule has 0 unspecified atom stereocenters. The average Bonchev–Trinajstić information content (AvgIpc) is 3.52. The second-order valence-corrected chi connectivity index (χ2v) is 11.1. The van der Waals surface area contributed by atoms with Gasteiger partial charge in [0.1, 0.15) is 13.5 Å². The zero-order valence-corrected chi connectivity index (χ0v) is 19.6. The van der Waals surface area contributed by atoms with E-state index >= 15 is 0 Å². The Kier molecular flexibility index (Phi) is 6.31. The molecule has 1 saturated heterocycles. The highest BCUT2D eigenvalue weighted by atomic mass is 16.5. The van der Waals surface area contributed by atoms with Gasteiger partial charge in [0.25, 0.3) is 0 Å². The summed E-state index contributed by atoms with van der Waals surface area (Å²) >= 11 is 0. The Labute approximate surface area is 183 Å². The second-order valence-electron chi connectivity index (χ2n) is 11.1. The minimum Gasteiger partial charge on any atom is -0.351 e. The van der Waals surface area contributed by atoms with Gasteiger partial charge in [-0.3, -0.25) is 14.7 Å². The zero-order chi connectivity index (χ0) is 21.4. The molecule has 2 N–H and O–H groups in total. The van der Waals surface area contributed by atoms with Gasteiger partial charge in [-0.15, -0.1) is 0 Å². The molecule has 3 fully saturated rings. The van der Waals surface area contributed by atoms with Crippen molar-refractivity contribution in [2.45, 2.75) is 69.0 Å². The summed E-state index contributed by atoms with van der Waals surface area (Å²) in [5.41, 5.74) is 7.98. The van der Waals surface area contributed by atoms with Crippen LogP contribution < -0.4 is 5.73 Å². The molecule has 1 aromatic rings. The fourth-order valence-electron chi connectivity index (χ4n) is 5.86. The summed E-state index contributed by atoms with van der Waals surface area (Å²) in [6, 6.07) is 11.1. The standard InChI is InChI=1S/C25H42N4O/c1-23(2,26)17-28-18-24(29(20-30-19-28)16-21-10-11-21)12-14-25(15-13-24,27(3)4)22-8-6-5-7-9-22/h5-9,21H,10-20,26H2,1-4H3. The molecule has 5 nitrogen and oxygen atoms in total. The zero-order valence-electron chi connectivity index (χ0n) is 19.6. The maximum atomic E-state index is 6.40. The van der Waals surface area contributed by atoms with Crippen LogP contribution in [-0.2, 0) is 10.3 Å². The van der Waals surface area contributed by atoms with Crippen LogP contribution in [0.4, 0.5) is 0 Å². The molecule has 3 aliphatic rings. The quantitative estimate of drug-likeness (QED) is 0.772. The van der Waals surface area contributed by atoms with E-state index in [9.17, 15) is 0 Å². The van der Waals surface area contributed by atoms with Crippen LogP contribution in [0, 0.1) is 5.92 Å². The van der Waals surface area contributed by atoms with E-state index in [-0.39, 0.29) is 16.6 Å². The van der Waals surface area contributed by atoms with Gasteiger partial charge in [-0.25, -0.2) is 0 Å². The highest BCUT2D eigenvalue weighted by molar-refractivity contribution is 5.26. The van der Waals surface area contributed by atoms with E-state index in [1.807, 2.05) is 0 Å². The Bertz CT molecular complexity index is 687. The van der Waals surface area contributed by atoms with Gasteiger partial charge in [0.2, 0.25) is 0 Å². The Hall–Kier alpha value is -0.980. The van der Waals surface area contributed by atoms with E-state index < -0.39 is 0 Å². The van der Waals surface area contributed by atoms with Gasteiger partial charge >= 0.3 is 0 Å². The third-order valence-electron chi connectivity index (χ3n) is 7.69. The number of nitrogens with zero attached hydrogens (tertiary/aromatic N) is 3. The van der Waals surface area contributed by atoms with Crippen molar-refractivity contribution in [2.24, 2.45) is 11.7 Å². The first-order chi connectivity index (χ1) is 14.2. The Morgan fingerprint density at radius 1 is 1.07 bits per heavy atom. The lowest BCUT2D eigenvalue weighted by molar-refractivity contribution is -0.0504. The summed E-state index contributed by atoms with van der Waals surface area (Å²) in [7, 11) is 4.51. The molecule has 0 amide bonds. The van der Waals surface area contributed by atoms with Crippen molar-refractivity contribution in [3.05, 3.63) is 35.9 Å². The molecule has 0 radical (unpaired) electrons. The van der Waals surface area contributed by atoms with E-state index in [0.717, 1.165) is 25.7 Å².